The minimum absolute atomic E-state index is 0.202. The predicted octanol–water partition coefficient (Wildman–Crippen LogP) is 4.81. The summed E-state index contributed by atoms with van der Waals surface area (Å²) in [4.78, 5) is 12.6. The second-order valence-electron chi connectivity index (χ2n) is 5.66. The van der Waals surface area contributed by atoms with Gasteiger partial charge in [-0.25, -0.2) is 8.78 Å². The molecule has 0 atom stereocenters. The van der Waals surface area contributed by atoms with Crippen molar-refractivity contribution in [2.45, 2.75) is 11.4 Å². The van der Waals surface area contributed by atoms with Crippen molar-refractivity contribution >= 4 is 17.7 Å². The molecular weight excluding hydrogens is 373 g/mol. The maximum absolute atomic E-state index is 13.2. The van der Waals surface area contributed by atoms with E-state index in [9.17, 15) is 26.7 Å². The van der Waals surface area contributed by atoms with Crippen LogP contribution in [0, 0.1) is 11.6 Å². The predicted molar refractivity (Wildman–Crippen MR) is 90.8 cm³/mol. The van der Waals surface area contributed by atoms with Gasteiger partial charge in [0.25, 0.3) is 0 Å². The van der Waals surface area contributed by atoms with Gasteiger partial charge in [0, 0.05) is 7.05 Å². The Kier molecular flexibility index (Phi) is 6.63. The van der Waals surface area contributed by atoms with E-state index in [-0.39, 0.29) is 5.75 Å². The van der Waals surface area contributed by atoms with Gasteiger partial charge in [-0.1, -0.05) is 24.3 Å². The Morgan fingerprint density at radius 3 is 1.77 bits per heavy atom. The van der Waals surface area contributed by atoms with Crippen LogP contribution in [-0.4, -0.2) is 36.3 Å². The summed E-state index contributed by atoms with van der Waals surface area (Å²) in [5.74, 6) is -1.75. The first-order valence-corrected chi connectivity index (χ1v) is 8.64. The third kappa shape index (κ3) is 6.01. The van der Waals surface area contributed by atoms with E-state index in [1.165, 1.54) is 48.5 Å². The molecule has 0 spiro atoms. The van der Waals surface area contributed by atoms with Gasteiger partial charge in [-0.15, -0.1) is 11.8 Å². The highest BCUT2D eigenvalue weighted by Gasteiger charge is 2.31. The lowest BCUT2D eigenvalue weighted by Gasteiger charge is -2.21. The Bertz CT molecular complexity index is 685. The van der Waals surface area contributed by atoms with Crippen LogP contribution in [-0.2, 0) is 4.79 Å². The standard InChI is InChI=1S/C18H16F5NOS/c1-24(11-18(21,22)23)16(25)10-26-17(12-2-6-14(19)7-3-12)13-4-8-15(20)9-5-13/h2-9,17H,10-11H2,1H3. The van der Waals surface area contributed by atoms with E-state index in [1.807, 2.05) is 0 Å². The number of hydrogen-bond acceptors (Lipinski definition) is 2. The molecule has 0 heterocycles. The topological polar surface area (TPSA) is 20.3 Å². The Morgan fingerprint density at radius 2 is 1.38 bits per heavy atom. The highest BCUT2D eigenvalue weighted by molar-refractivity contribution is 8.00. The summed E-state index contributed by atoms with van der Waals surface area (Å²) in [6, 6.07) is 11.1. The number of alkyl halides is 3. The number of hydrogen-bond donors (Lipinski definition) is 0. The second kappa shape index (κ2) is 8.53. The summed E-state index contributed by atoms with van der Waals surface area (Å²) < 4.78 is 63.5. The lowest BCUT2D eigenvalue weighted by Crippen LogP contribution is -2.36. The summed E-state index contributed by atoms with van der Waals surface area (Å²) in [5, 5.41) is -0.445. The Morgan fingerprint density at radius 1 is 0.962 bits per heavy atom. The van der Waals surface area contributed by atoms with Crippen molar-refractivity contribution in [2.75, 3.05) is 19.3 Å². The Labute approximate surface area is 152 Å². The average Bonchev–Trinajstić information content (AvgIpc) is 2.56. The molecule has 2 aromatic rings. The fourth-order valence-electron chi connectivity index (χ4n) is 2.28. The summed E-state index contributed by atoms with van der Waals surface area (Å²) >= 11 is 1.10. The minimum atomic E-state index is -4.47. The highest BCUT2D eigenvalue weighted by atomic mass is 32.2. The third-order valence-electron chi connectivity index (χ3n) is 3.56. The van der Waals surface area contributed by atoms with Crippen molar-refractivity contribution in [3.8, 4) is 0 Å². The van der Waals surface area contributed by atoms with Crippen molar-refractivity contribution < 1.29 is 26.7 Å². The molecule has 0 bridgehead atoms. The molecule has 0 unspecified atom stereocenters. The summed E-state index contributed by atoms with van der Waals surface area (Å²) in [5.41, 5.74) is 1.32. The minimum Gasteiger partial charge on any atom is -0.336 e. The number of benzene rings is 2. The molecule has 0 aliphatic rings. The van der Waals surface area contributed by atoms with Gasteiger partial charge in [-0.2, -0.15) is 13.2 Å². The van der Waals surface area contributed by atoms with Crippen molar-refractivity contribution in [3.63, 3.8) is 0 Å². The van der Waals surface area contributed by atoms with E-state index in [0.717, 1.165) is 18.8 Å². The normalized spacial score (nSPS) is 11.7. The molecule has 0 aliphatic heterocycles. The molecule has 8 heteroatoms. The van der Waals surface area contributed by atoms with Crippen molar-refractivity contribution in [1.29, 1.82) is 0 Å². The maximum atomic E-state index is 13.2. The molecular formula is C18H16F5NOS. The zero-order chi connectivity index (χ0) is 19.3. The Balaban J connectivity index is 2.15. The fraction of sp³-hybridized carbons (Fsp3) is 0.278. The van der Waals surface area contributed by atoms with Gasteiger partial charge in [0.2, 0.25) is 5.91 Å². The van der Waals surface area contributed by atoms with Crippen LogP contribution in [0.25, 0.3) is 0 Å². The van der Waals surface area contributed by atoms with E-state index in [1.54, 1.807) is 0 Å². The third-order valence-corrected chi connectivity index (χ3v) is 4.85. The molecule has 140 valence electrons. The molecule has 0 radical (unpaired) electrons. The van der Waals surface area contributed by atoms with E-state index >= 15 is 0 Å². The van der Waals surface area contributed by atoms with Crippen LogP contribution in [0.5, 0.6) is 0 Å². The number of amides is 1. The monoisotopic (exact) mass is 389 g/mol. The molecule has 0 saturated heterocycles. The number of rotatable bonds is 6. The Hall–Kier alpha value is -2.09. The fourth-order valence-corrected chi connectivity index (χ4v) is 3.51. The quantitative estimate of drug-likeness (QED) is 0.661. The molecule has 0 aromatic heterocycles. The van der Waals surface area contributed by atoms with Crippen LogP contribution >= 0.6 is 11.8 Å². The maximum Gasteiger partial charge on any atom is 0.406 e. The first-order valence-electron chi connectivity index (χ1n) is 7.59. The van der Waals surface area contributed by atoms with Crippen LogP contribution in [0.3, 0.4) is 0 Å². The van der Waals surface area contributed by atoms with E-state index in [0.29, 0.717) is 16.0 Å². The SMILES string of the molecule is CN(CC(F)(F)F)C(=O)CSC(c1ccc(F)cc1)c1ccc(F)cc1. The molecule has 1 amide bonds. The van der Waals surface area contributed by atoms with Crippen LogP contribution < -0.4 is 0 Å². The highest BCUT2D eigenvalue weighted by Crippen LogP contribution is 2.36. The number of carbonyl (C=O) groups excluding carboxylic acids is 1. The molecule has 0 N–H and O–H groups in total. The lowest BCUT2D eigenvalue weighted by molar-refractivity contribution is -0.156. The first-order chi connectivity index (χ1) is 12.2. The van der Waals surface area contributed by atoms with Gasteiger partial charge in [-0.05, 0) is 35.4 Å². The molecule has 2 aromatic carbocycles. The largest absolute Gasteiger partial charge is 0.406 e. The van der Waals surface area contributed by atoms with Gasteiger partial charge in [0.1, 0.15) is 18.2 Å². The van der Waals surface area contributed by atoms with E-state index in [2.05, 4.69) is 0 Å². The van der Waals surface area contributed by atoms with Gasteiger partial charge in [0.15, 0.2) is 0 Å². The summed E-state index contributed by atoms with van der Waals surface area (Å²) in [6.45, 7) is -1.33. The zero-order valence-corrected chi connectivity index (χ0v) is 14.6. The molecule has 0 saturated carbocycles. The summed E-state index contributed by atoms with van der Waals surface area (Å²) in [6.07, 6.45) is -4.47. The van der Waals surface area contributed by atoms with E-state index in [4.69, 9.17) is 0 Å². The van der Waals surface area contributed by atoms with Gasteiger partial charge < -0.3 is 4.90 Å². The summed E-state index contributed by atoms with van der Waals surface area (Å²) in [7, 11) is 1.08. The average molecular weight is 389 g/mol. The molecule has 0 aliphatic carbocycles. The number of carbonyl (C=O) groups is 1. The number of halogens is 5. The number of thioether (sulfide) groups is 1. The van der Waals surface area contributed by atoms with Crippen molar-refractivity contribution in [3.05, 3.63) is 71.3 Å². The number of nitrogens with zero attached hydrogens (tertiary/aromatic N) is 1. The lowest BCUT2D eigenvalue weighted by atomic mass is 10.0. The van der Waals surface area contributed by atoms with Gasteiger partial charge in [-0.3, -0.25) is 4.79 Å². The van der Waals surface area contributed by atoms with Crippen LogP contribution in [0.15, 0.2) is 48.5 Å². The van der Waals surface area contributed by atoms with E-state index < -0.39 is 35.5 Å². The van der Waals surface area contributed by atoms with Crippen molar-refractivity contribution in [1.82, 2.24) is 4.90 Å². The van der Waals surface area contributed by atoms with Crippen LogP contribution in [0.1, 0.15) is 16.4 Å². The smallest absolute Gasteiger partial charge is 0.336 e. The van der Waals surface area contributed by atoms with Crippen LogP contribution in [0.4, 0.5) is 22.0 Å². The molecule has 26 heavy (non-hydrogen) atoms. The van der Waals surface area contributed by atoms with Crippen LogP contribution in [0.2, 0.25) is 0 Å². The van der Waals surface area contributed by atoms with Crippen molar-refractivity contribution in [2.24, 2.45) is 0 Å². The zero-order valence-electron chi connectivity index (χ0n) is 13.8. The molecule has 2 nitrogen and oxygen atoms in total. The second-order valence-corrected chi connectivity index (χ2v) is 6.75. The van der Waals surface area contributed by atoms with Gasteiger partial charge in [0.05, 0.1) is 11.0 Å². The molecule has 0 fully saturated rings. The van der Waals surface area contributed by atoms with Gasteiger partial charge >= 0.3 is 6.18 Å². The molecule has 2 rings (SSSR count). The first kappa shape index (κ1) is 20.2.